The number of rotatable bonds is 7. The SMILES string of the molecule is CSc1c(Cl)ccc2c(=O)c3ccc(N(C)CCS(C)(=O)=O)nc3n(CC(=O)[O-])c12.[Na+]. The number of carboxylic acid groups (broad SMARTS) is 1. The molecule has 12 heteroatoms. The van der Waals surface area contributed by atoms with Crippen molar-refractivity contribution in [2.75, 3.05) is 36.8 Å². The largest absolute Gasteiger partial charge is 1.00 e. The number of carbonyl (C=O) groups is 1. The van der Waals surface area contributed by atoms with Crippen LogP contribution in [0.25, 0.3) is 21.9 Å². The van der Waals surface area contributed by atoms with Gasteiger partial charge in [-0.05, 0) is 30.5 Å². The van der Waals surface area contributed by atoms with Gasteiger partial charge in [-0.25, -0.2) is 13.4 Å². The fraction of sp³-hybridized carbons (Fsp3) is 0.316. The molecule has 0 fully saturated rings. The number of carbonyl (C=O) groups excluding carboxylic acids is 1. The zero-order valence-corrected chi connectivity index (χ0v) is 21.9. The molecule has 2 aromatic heterocycles. The maximum Gasteiger partial charge on any atom is 1.00 e. The van der Waals surface area contributed by atoms with E-state index in [2.05, 4.69) is 4.98 Å². The van der Waals surface area contributed by atoms with E-state index in [0.29, 0.717) is 26.6 Å². The van der Waals surface area contributed by atoms with Crippen molar-refractivity contribution in [3.05, 3.63) is 39.5 Å². The zero-order chi connectivity index (χ0) is 22.2. The zero-order valence-electron chi connectivity index (χ0n) is 17.5. The van der Waals surface area contributed by atoms with E-state index in [-0.39, 0.29) is 58.3 Å². The molecular formula is C19H19ClN3NaO5S2. The van der Waals surface area contributed by atoms with Crippen LogP contribution in [-0.2, 0) is 21.2 Å². The van der Waals surface area contributed by atoms with Gasteiger partial charge >= 0.3 is 29.6 Å². The Hall–Kier alpha value is -1.30. The van der Waals surface area contributed by atoms with E-state index >= 15 is 0 Å². The van der Waals surface area contributed by atoms with Crippen LogP contribution in [0.15, 0.2) is 34.0 Å². The quantitative estimate of drug-likeness (QED) is 0.215. The molecule has 3 rings (SSSR count). The predicted octanol–water partition coefficient (Wildman–Crippen LogP) is -1.84. The average Bonchev–Trinajstić information content (AvgIpc) is 2.67. The van der Waals surface area contributed by atoms with Crippen molar-refractivity contribution in [2.45, 2.75) is 11.4 Å². The van der Waals surface area contributed by atoms with Gasteiger partial charge in [-0.2, -0.15) is 0 Å². The van der Waals surface area contributed by atoms with Crippen LogP contribution >= 0.6 is 23.4 Å². The Bertz CT molecular complexity index is 1330. The van der Waals surface area contributed by atoms with Crippen LogP contribution in [0.2, 0.25) is 5.02 Å². The Balaban J connectivity index is 0.00000341. The van der Waals surface area contributed by atoms with Gasteiger partial charge in [0.05, 0.1) is 39.1 Å². The molecule has 1 aromatic carbocycles. The number of nitrogens with zero attached hydrogens (tertiary/aromatic N) is 3. The van der Waals surface area contributed by atoms with Crippen molar-refractivity contribution < 1.29 is 47.9 Å². The van der Waals surface area contributed by atoms with Gasteiger partial charge in [-0.15, -0.1) is 11.8 Å². The molecule has 0 radical (unpaired) electrons. The summed E-state index contributed by atoms with van der Waals surface area (Å²) in [6, 6.07) is 6.34. The first-order chi connectivity index (χ1) is 14.0. The van der Waals surface area contributed by atoms with Gasteiger partial charge in [0.25, 0.3) is 0 Å². The van der Waals surface area contributed by atoms with E-state index in [1.807, 2.05) is 0 Å². The van der Waals surface area contributed by atoms with Gasteiger partial charge in [-0.3, -0.25) is 4.79 Å². The molecule has 3 aromatic rings. The van der Waals surface area contributed by atoms with Crippen LogP contribution in [0.5, 0.6) is 0 Å². The summed E-state index contributed by atoms with van der Waals surface area (Å²) in [5.74, 6) is -1.01. The third-order valence-electron chi connectivity index (χ3n) is 4.64. The predicted molar refractivity (Wildman–Crippen MR) is 118 cm³/mol. The Morgan fingerprint density at radius 1 is 1.26 bits per heavy atom. The maximum atomic E-state index is 13.1. The molecule has 0 saturated carbocycles. The van der Waals surface area contributed by atoms with Crippen molar-refractivity contribution >= 4 is 66.9 Å². The molecule has 0 aliphatic rings. The molecule has 0 amide bonds. The van der Waals surface area contributed by atoms with Gasteiger partial charge < -0.3 is 19.4 Å². The van der Waals surface area contributed by atoms with Crippen LogP contribution in [0.3, 0.4) is 0 Å². The number of carboxylic acids is 1. The van der Waals surface area contributed by atoms with E-state index < -0.39 is 22.4 Å². The molecule has 2 heterocycles. The number of halogens is 1. The van der Waals surface area contributed by atoms with Crippen molar-refractivity contribution in [1.82, 2.24) is 9.55 Å². The van der Waals surface area contributed by atoms with Crippen molar-refractivity contribution in [3.8, 4) is 0 Å². The second-order valence-corrected chi connectivity index (χ2v) is 10.3. The fourth-order valence-corrected chi connectivity index (χ4v) is 4.84. The standard InChI is InChI=1S/C19H20ClN3O5S2.Na/c1-22(8-9-30(3,27)28)14-7-5-12-17(26)11-4-6-13(20)18(29-2)16(11)23(10-15(24)25)19(12)21-14;/h4-7H,8-10H2,1-3H3,(H,24,25);/q;+1/p-1. The fourth-order valence-electron chi connectivity index (χ4n) is 3.18. The number of aliphatic carboxylic acids is 1. The Morgan fingerprint density at radius 2 is 1.90 bits per heavy atom. The molecule has 0 unspecified atom stereocenters. The van der Waals surface area contributed by atoms with Crippen LogP contribution < -0.4 is 45.0 Å². The first-order valence-electron chi connectivity index (χ1n) is 8.82. The molecule has 0 spiro atoms. The van der Waals surface area contributed by atoms with E-state index in [1.54, 1.807) is 42.5 Å². The van der Waals surface area contributed by atoms with Gasteiger partial charge in [-0.1, -0.05) is 11.6 Å². The van der Waals surface area contributed by atoms with Crippen molar-refractivity contribution in [3.63, 3.8) is 0 Å². The van der Waals surface area contributed by atoms with Gasteiger partial charge in [0.15, 0.2) is 5.43 Å². The number of fused-ring (bicyclic) bond motifs is 2. The third kappa shape index (κ3) is 5.55. The Kier molecular flexibility index (Phi) is 8.45. The van der Waals surface area contributed by atoms with E-state index in [0.717, 1.165) is 6.26 Å². The molecule has 0 N–H and O–H groups in total. The summed E-state index contributed by atoms with van der Waals surface area (Å²) in [4.78, 5) is 31.3. The summed E-state index contributed by atoms with van der Waals surface area (Å²) in [5, 5.41) is 12.5. The van der Waals surface area contributed by atoms with Crippen LogP contribution in [0, 0.1) is 0 Å². The minimum Gasteiger partial charge on any atom is -0.548 e. The summed E-state index contributed by atoms with van der Waals surface area (Å²) in [7, 11) is -1.50. The summed E-state index contributed by atoms with van der Waals surface area (Å²) >= 11 is 7.59. The monoisotopic (exact) mass is 491 g/mol. The molecule has 31 heavy (non-hydrogen) atoms. The normalized spacial score (nSPS) is 11.5. The summed E-state index contributed by atoms with van der Waals surface area (Å²) in [6.45, 7) is -0.331. The average molecular weight is 492 g/mol. The van der Waals surface area contributed by atoms with Gasteiger partial charge in [0.1, 0.15) is 21.3 Å². The van der Waals surface area contributed by atoms with Crippen molar-refractivity contribution in [1.29, 1.82) is 0 Å². The molecule has 160 valence electrons. The topological polar surface area (TPSA) is 112 Å². The summed E-state index contributed by atoms with van der Waals surface area (Å²) in [6.07, 6.45) is 2.92. The number of thioether (sulfide) groups is 1. The number of anilines is 1. The van der Waals surface area contributed by atoms with Crippen LogP contribution in [0.1, 0.15) is 0 Å². The molecule has 8 nitrogen and oxygen atoms in total. The first-order valence-corrected chi connectivity index (χ1v) is 12.5. The van der Waals surface area contributed by atoms with Crippen LogP contribution in [-0.4, -0.2) is 55.8 Å². The molecular weight excluding hydrogens is 473 g/mol. The second kappa shape index (κ2) is 10.1. The van der Waals surface area contributed by atoms with Gasteiger partial charge in [0, 0.05) is 25.2 Å². The van der Waals surface area contributed by atoms with E-state index in [4.69, 9.17) is 11.6 Å². The summed E-state index contributed by atoms with van der Waals surface area (Å²) < 4.78 is 24.3. The summed E-state index contributed by atoms with van der Waals surface area (Å²) in [5.41, 5.74) is 0.248. The number of aromatic nitrogens is 2. The Morgan fingerprint density at radius 3 is 2.48 bits per heavy atom. The van der Waals surface area contributed by atoms with E-state index in [9.17, 15) is 23.1 Å². The minimum atomic E-state index is -3.17. The second-order valence-electron chi connectivity index (χ2n) is 6.86. The van der Waals surface area contributed by atoms with Crippen LogP contribution in [0.4, 0.5) is 5.82 Å². The first kappa shape index (κ1) is 26.0. The molecule has 0 atom stereocenters. The Labute approximate surface area is 210 Å². The maximum absolute atomic E-state index is 13.1. The number of hydrogen-bond acceptors (Lipinski definition) is 8. The molecule has 0 aliphatic heterocycles. The number of hydrogen-bond donors (Lipinski definition) is 0. The van der Waals surface area contributed by atoms with Crippen molar-refractivity contribution in [2.24, 2.45) is 0 Å². The molecule has 0 aliphatic carbocycles. The molecule has 0 bridgehead atoms. The third-order valence-corrected chi connectivity index (χ3v) is 6.81. The smallest absolute Gasteiger partial charge is 0.548 e. The number of benzene rings is 1. The molecule has 0 saturated heterocycles. The minimum absolute atomic E-state index is 0. The number of sulfone groups is 1. The van der Waals surface area contributed by atoms with E-state index in [1.165, 1.54) is 16.3 Å². The number of pyridine rings is 2. The van der Waals surface area contributed by atoms with Gasteiger partial charge in [0.2, 0.25) is 0 Å².